The molecule has 0 atom stereocenters. The minimum Gasteiger partial charge on any atom is -0.277 e. The van der Waals surface area contributed by atoms with Gasteiger partial charge in [-0.15, -0.1) is 0 Å². The molecule has 0 unspecified atom stereocenters. The first-order valence-corrected chi connectivity index (χ1v) is 8.35. The van der Waals surface area contributed by atoms with Crippen LogP contribution in [-0.4, -0.2) is 23.2 Å². The topological polar surface area (TPSA) is 76.9 Å². The quantitative estimate of drug-likeness (QED) is 0.923. The van der Waals surface area contributed by atoms with Crippen molar-refractivity contribution in [1.29, 1.82) is 0 Å². The van der Waals surface area contributed by atoms with Crippen LogP contribution in [0.4, 0.5) is 18.9 Å². The predicted molar refractivity (Wildman–Crippen MR) is 75.2 cm³/mol. The first-order chi connectivity index (χ1) is 10.8. The van der Waals surface area contributed by atoms with Crippen LogP contribution in [0.15, 0.2) is 35.6 Å². The fourth-order valence-electron chi connectivity index (χ4n) is 2.23. The summed E-state index contributed by atoms with van der Waals surface area (Å²) in [6.45, 7) is 0. The average molecular weight is 346 g/mol. The summed E-state index contributed by atoms with van der Waals surface area (Å²) in [6.07, 6.45) is 1.53. The van der Waals surface area contributed by atoms with Gasteiger partial charge in [0.1, 0.15) is 4.90 Å². The molecule has 0 aliphatic heterocycles. The molecule has 6 nitrogen and oxygen atoms in total. The molecule has 1 fully saturated rings. The van der Waals surface area contributed by atoms with E-state index >= 15 is 0 Å². The Morgan fingerprint density at radius 3 is 2.65 bits per heavy atom. The van der Waals surface area contributed by atoms with Crippen LogP contribution in [0.1, 0.15) is 31.0 Å². The number of sulfonamides is 1. The van der Waals surface area contributed by atoms with Crippen LogP contribution >= 0.6 is 0 Å². The van der Waals surface area contributed by atoms with E-state index in [1.165, 1.54) is 16.9 Å². The standard InChI is InChI=1S/C13H13F3N4O2S/c14-13(15,16)12-11(5-2-6-17-12)19-23(21,22)10-7-18-20(8-10)9-3-1-4-9/h2,5-9,19H,1,3-4H2. The Kier molecular flexibility index (Phi) is 3.78. The lowest BCUT2D eigenvalue weighted by Crippen LogP contribution is -2.19. The van der Waals surface area contributed by atoms with Gasteiger partial charge in [-0.25, -0.2) is 13.4 Å². The van der Waals surface area contributed by atoms with E-state index in [2.05, 4.69) is 10.1 Å². The molecule has 2 aromatic heterocycles. The molecule has 10 heteroatoms. The zero-order chi connectivity index (χ0) is 16.7. The first-order valence-electron chi connectivity index (χ1n) is 6.86. The molecular weight excluding hydrogens is 333 g/mol. The molecule has 0 saturated heterocycles. The molecule has 23 heavy (non-hydrogen) atoms. The maximum atomic E-state index is 12.9. The molecule has 124 valence electrons. The lowest BCUT2D eigenvalue weighted by Gasteiger charge is -2.25. The Morgan fingerprint density at radius 2 is 2.04 bits per heavy atom. The zero-order valence-corrected chi connectivity index (χ0v) is 12.6. The Hall–Kier alpha value is -2.10. The Bertz CT molecular complexity index is 813. The second kappa shape index (κ2) is 5.52. The molecule has 0 radical (unpaired) electrons. The van der Waals surface area contributed by atoms with E-state index in [0.717, 1.165) is 37.7 Å². The van der Waals surface area contributed by atoms with Gasteiger partial charge in [-0.05, 0) is 31.4 Å². The van der Waals surface area contributed by atoms with Crippen molar-refractivity contribution in [3.63, 3.8) is 0 Å². The van der Waals surface area contributed by atoms with Crippen molar-refractivity contribution in [1.82, 2.24) is 14.8 Å². The highest BCUT2D eigenvalue weighted by Crippen LogP contribution is 2.34. The van der Waals surface area contributed by atoms with Crippen LogP contribution in [0.5, 0.6) is 0 Å². The summed E-state index contributed by atoms with van der Waals surface area (Å²) in [5.74, 6) is 0. The van der Waals surface area contributed by atoms with Crippen molar-refractivity contribution < 1.29 is 21.6 Å². The van der Waals surface area contributed by atoms with Crippen molar-refractivity contribution in [2.75, 3.05) is 4.72 Å². The largest absolute Gasteiger partial charge is 0.435 e. The number of rotatable bonds is 4. The number of hydrogen-bond acceptors (Lipinski definition) is 4. The molecule has 1 aliphatic carbocycles. The van der Waals surface area contributed by atoms with Crippen LogP contribution in [0.2, 0.25) is 0 Å². The fraction of sp³-hybridized carbons (Fsp3) is 0.385. The lowest BCUT2D eigenvalue weighted by atomic mass is 9.93. The van der Waals surface area contributed by atoms with E-state index in [0.29, 0.717) is 0 Å². The zero-order valence-electron chi connectivity index (χ0n) is 11.8. The molecule has 1 aliphatic rings. The van der Waals surface area contributed by atoms with Crippen LogP contribution in [0, 0.1) is 0 Å². The van der Waals surface area contributed by atoms with Crippen molar-refractivity contribution in [3.05, 3.63) is 36.4 Å². The number of hydrogen-bond donors (Lipinski definition) is 1. The highest BCUT2D eigenvalue weighted by atomic mass is 32.2. The highest BCUT2D eigenvalue weighted by molar-refractivity contribution is 7.92. The summed E-state index contributed by atoms with van der Waals surface area (Å²) in [7, 11) is -4.17. The molecule has 1 saturated carbocycles. The summed E-state index contributed by atoms with van der Waals surface area (Å²) in [6, 6.07) is 2.40. The Morgan fingerprint density at radius 1 is 1.30 bits per heavy atom. The summed E-state index contributed by atoms with van der Waals surface area (Å²) in [5.41, 5.74) is -1.90. The van der Waals surface area contributed by atoms with Gasteiger partial charge in [0.05, 0.1) is 17.9 Å². The van der Waals surface area contributed by atoms with Gasteiger partial charge in [0.2, 0.25) is 0 Å². The van der Waals surface area contributed by atoms with Gasteiger partial charge in [-0.3, -0.25) is 9.40 Å². The van der Waals surface area contributed by atoms with Gasteiger partial charge in [-0.2, -0.15) is 18.3 Å². The van der Waals surface area contributed by atoms with Crippen molar-refractivity contribution >= 4 is 15.7 Å². The van der Waals surface area contributed by atoms with Crippen molar-refractivity contribution in [3.8, 4) is 0 Å². The van der Waals surface area contributed by atoms with Crippen molar-refractivity contribution in [2.45, 2.75) is 36.4 Å². The first kappa shape index (κ1) is 15.8. The minimum absolute atomic E-state index is 0.156. The fourth-order valence-corrected chi connectivity index (χ4v) is 3.23. The van der Waals surface area contributed by atoms with E-state index in [4.69, 9.17) is 0 Å². The van der Waals surface area contributed by atoms with E-state index in [9.17, 15) is 21.6 Å². The average Bonchev–Trinajstić information content (AvgIpc) is 2.85. The molecule has 0 bridgehead atoms. The molecule has 0 amide bonds. The molecule has 3 rings (SSSR count). The van der Waals surface area contributed by atoms with Gasteiger partial charge in [0, 0.05) is 12.4 Å². The summed E-state index contributed by atoms with van der Waals surface area (Å²) < 4.78 is 66.6. The number of aromatic nitrogens is 3. The SMILES string of the molecule is O=S(=O)(Nc1cccnc1C(F)(F)F)c1cnn(C2CCC2)c1. The van der Waals surface area contributed by atoms with Crippen LogP contribution in [0.25, 0.3) is 0 Å². The second-order valence-corrected chi connectivity index (χ2v) is 6.93. The van der Waals surface area contributed by atoms with E-state index in [1.54, 1.807) is 0 Å². The molecule has 2 aromatic rings. The smallest absolute Gasteiger partial charge is 0.277 e. The van der Waals surface area contributed by atoms with Gasteiger partial charge < -0.3 is 0 Å². The van der Waals surface area contributed by atoms with Gasteiger partial charge >= 0.3 is 6.18 Å². The Labute approximate surface area is 130 Å². The second-order valence-electron chi connectivity index (χ2n) is 5.24. The lowest BCUT2D eigenvalue weighted by molar-refractivity contribution is -0.140. The van der Waals surface area contributed by atoms with E-state index in [-0.39, 0.29) is 10.9 Å². The normalized spacial score (nSPS) is 16.1. The minimum atomic E-state index is -4.75. The number of nitrogens with one attached hydrogen (secondary N) is 1. The third-order valence-corrected chi connectivity index (χ3v) is 4.98. The van der Waals surface area contributed by atoms with Gasteiger partial charge in [0.25, 0.3) is 10.0 Å². The molecule has 0 aromatic carbocycles. The predicted octanol–water partition coefficient (Wildman–Crippen LogP) is 2.82. The summed E-state index contributed by atoms with van der Waals surface area (Å²) in [4.78, 5) is 3.03. The van der Waals surface area contributed by atoms with Crippen LogP contribution in [-0.2, 0) is 16.2 Å². The number of anilines is 1. The van der Waals surface area contributed by atoms with Gasteiger partial charge in [0.15, 0.2) is 5.69 Å². The number of nitrogens with zero attached hydrogens (tertiary/aromatic N) is 3. The molecule has 2 heterocycles. The maximum absolute atomic E-state index is 12.9. The van der Waals surface area contributed by atoms with E-state index in [1.807, 2.05) is 4.72 Å². The van der Waals surface area contributed by atoms with Gasteiger partial charge in [-0.1, -0.05) is 0 Å². The number of alkyl halides is 3. The third-order valence-electron chi connectivity index (χ3n) is 3.66. The molecular formula is C13H13F3N4O2S. The molecule has 1 N–H and O–H groups in total. The number of pyridine rings is 1. The number of halogens is 3. The Balaban J connectivity index is 1.88. The summed E-state index contributed by atoms with van der Waals surface area (Å²) in [5, 5.41) is 3.98. The van der Waals surface area contributed by atoms with Crippen molar-refractivity contribution in [2.24, 2.45) is 0 Å². The van der Waals surface area contributed by atoms with Crippen LogP contribution in [0.3, 0.4) is 0 Å². The van der Waals surface area contributed by atoms with Crippen LogP contribution < -0.4 is 4.72 Å². The maximum Gasteiger partial charge on any atom is 0.435 e. The monoisotopic (exact) mass is 346 g/mol. The highest BCUT2D eigenvalue weighted by Gasteiger charge is 2.36. The van der Waals surface area contributed by atoms with E-state index < -0.39 is 27.6 Å². The summed E-state index contributed by atoms with van der Waals surface area (Å²) >= 11 is 0. The third kappa shape index (κ3) is 3.16. The molecule has 0 spiro atoms.